The number of aryl methyl sites for hydroxylation is 1. The number of hydrogen-bond acceptors (Lipinski definition) is 6. The predicted molar refractivity (Wildman–Crippen MR) is 90.0 cm³/mol. The summed E-state index contributed by atoms with van der Waals surface area (Å²) in [6.45, 7) is 4.06. The van der Waals surface area contributed by atoms with Crippen molar-refractivity contribution in [2.24, 2.45) is 0 Å². The van der Waals surface area contributed by atoms with Crippen molar-refractivity contribution in [3.63, 3.8) is 0 Å². The molecule has 1 aliphatic heterocycles. The van der Waals surface area contributed by atoms with Gasteiger partial charge in [-0.25, -0.2) is 14.5 Å². The molecule has 0 aromatic carbocycles. The predicted octanol–water partition coefficient (Wildman–Crippen LogP) is 2.68. The van der Waals surface area contributed by atoms with Gasteiger partial charge in [0.05, 0.1) is 22.3 Å². The van der Waals surface area contributed by atoms with Crippen molar-refractivity contribution in [1.82, 2.24) is 24.9 Å². The van der Waals surface area contributed by atoms with Crippen LogP contribution in [0, 0.1) is 6.92 Å². The normalized spacial score (nSPS) is 18.9. The first-order valence-electron chi connectivity index (χ1n) is 7.94. The average molecular weight is 329 g/mol. The molecular formula is C16H19N5OS. The van der Waals surface area contributed by atoms with Crippen molar-refractivity contribution in [2.75, 3.05) is 13.1 Å². The maximum absolute atomic E-state index is 6.25. The van der Waals surface area contributed by atoms with Gasteiger partial charge in [-0.3, -0.25) is 0 Å². The molecule has 120 valence electrons. The van der Waals surface area contributed by atoms with E-state index in [1.165, 1.54) is 0 Å². The van der Waals surface area contributed by atoms with E-state index in [0.717, 1.165) is 53.4 Å². The topological polar surface area (TPSA) is 64.3 Å². The summed E-state index contributed by atoms with van der Waals surface area (Å²) in [5.41, 5.74) is 1.76. The number of ether oxygens (including phenoxy) is 1. The lowest BCUT2D eigenvalue weighted by molar-refractivity contribution is 0.182. The molecule has 7 heteroatoms. The molecule has 4 rings (SSSR count). The Balaban J connectivity index is 1.70. The molecule has 1 aliphatic rings. The Morgan fingerprint density at radius 3 is 3.17 bits per heavy atom. The largest absolute Gasteiger partial charge is 0.473 e. The van der Waals surface area contributed by atoms with Crippen molar-refractivity contribution in [3.8, 4) is 16.5 Å². The first kappa shape index (κ1) is 14.6. The third-order valence-electron chi connectivity index (χ3n) is 4.03. The van der Waals surface area contributed by atoms with E-state index in [1.54, 1.807) is 17.5 Å². The van der Waals surface area contributed by atoms with Crippen molar-refractivity contribution in [3.05, 3.63) is 29.7 Å². The van der Waals surface area contributed by atoms with Crippen molar-refractivity contribution >= 4 is 16.9 Å². The van der Waals surface area contributed by atoms with Gasteiger partial charge in [0.2, 0.25) is 5.88 Å². The van der Waals surface area contributed by atoms with Gasteiger partial charge in [-0.05, 0) is 45.3 Å². The van der Waals surface area contributed by atoms with E-state index in [-0.39, 0.29) is 6.10 Å². The maximum Gasteiger partial charge on any atom is 0.240 e. The van der Waals surface area contributed by atoms with Crippen LogP contribution < -0.4 is 10.1 Å². The molecule has 0 saturated carbocycles. The molecule has 0 unspecified atom stereocenters. The smallest absolute Gasteiger partial charge is 0.240 e. The van der Waals surface area contributed by atoms with E-state index in [9.17, 15) is 0 Å². The van der Waals surface area contributed by atoms with Crippen molar-refractivity contribution in [1.29, 1.82) is 0 Å². The standard InChI is InChI=1S/C16H19N5OS/c1-11-18-9-15(23-11)13-10-21-14(5-8-19-21)16(20-13)22-12-3-2-6-17-7-4-12/h5,8-10,12,17H,2-4,6-7H2,1H3/t12-/m1/s1. The van der Waals surface area contributed by atoms with Crippen LogP contribution in [0.3, 0.4) is 0 Å². The number of nitrogens with zero attached hydrogens (tertiary/aromatic N) is 4. The number of thiazole rings is 1. The van der Waals surface area contributed by atoms with Crippen LogP contribution in [-0.2, 0) is 0 Å². The first-order valence-corrected chi connectivity index (χ1v) is 8.76. The minimum Gasteiger partial charge on any atom is -0.473 e. The van der Waals surface area contributed by atoms with Gasteiger partial charge in [-0.15, -0.1) is 11.3 Å². The van der Waals surface area contributed by atoms with E-state index >= 15 is 0 Å². The molecule has 3 aromatic heterocycles. The van der Waals surface area contributed by atoms with E-state index in [4.69, 9.17) is 9.72 Å². The van der Waals surface area contributed by atoms with Gasteiger partial charge >= 0.3 is 0 Å². The van der Waals surface area contributed by atoms with Crippen LogP contribution in [-0.4, -0.2) is 38.8 Å². The van der Waals surface area contributed by atoms with Gasteiger partial charge in [0.1, 0.15) is 17.3 Å². The number of nitrogens with one attached hydrogen (secondary N) is 1. The fraction of sp³-hybridized carbons (Fsp3) is 0.438. The van der Waals surface area contributed by atoms with Gasteiger partial charge in [0.15, 0.2) is 0 Å². The summed E-state index contributed by atoms with van der Waals surface area (Å²) in [5.74, 6) is 0.665. The zero-order valence-electron chi connectivity index (χ0n) is 13.0. The summed E-state index contributed by atoms with van der Waals surface area (Å²) in [7, 11) is 0. The second-order valence-electron chi connectivity index (χ2n) is 5.76. The lowest BCUT2D eigenvalue weighted by Gasteiger charge is -2.17. The molecule has 0 bridgehead atoms. The fourth-order valence-electron chi connectivity index (χ4n) is 2.85. The highest BCUT2D eigenvalue weighted by Gasteiger charge is 2.18. The number of rotatable bonds is 3. The fourth-order valence-corrected chi connectivity index (χ4v) is 3.58. The number of hydrogen-bond donors (Lipinski definition) is 1. The van der Waals surface area contributed by atoms with Crippen LogP contribution in [0.4, 0.5) is 0 Å². The SMILES string of the molecule is Cc1ncc(-c2cn3nccc3c(O[C@@H]3CCCNCC3)n2)s1. The molecular weight excluding hydrogens is 310 g/mol. The highest BCUT2D eigenvalue weighted by molar-refractivity contribution is 7.15. The van der Waals surface area contributed by atoms with Crippen LogP contribution in [0.25, 0.3) is 16.1 Å². The molecule has 1 saturated heterocycles. The summed E-state index contributed by atoms with van der Waals surface area (Å²) in [5, 5.41) is 8.79. The van der Waals surface area contributed by atoms with Crippen molar-refractivity contribution < 1.29 is 4.74 Å². The second kappa shape index (κ2) is 6.25. The molecule has 1 N–H and O–H groups in total. The summed E-state index contributed by atoms with van der Waals surface area (Å²) in [6, 6.07) is 1.94. The van der Waals surface area contributed by atoms with E-state index in [2.05, 4.69) is 15.4 Å². The Bertz CT molecular complexity index is 804. The van der Waals surface area contributed by atoms with E-state index in [1.807, 2.05) is 29.9 Å². The maximum atomic E-state index is 6.25. The molecule has 4 heterocycles. The van der Waals surface area contributed by atoms with Crippen LogP contribution in [0.1, 0.15) is 24.3 Å². The molecule has 1 atom stereocenters. The summed E-state index contributed by atoms with van der Waals surface area (Å²) >= 11 is 1.63. The Labute approximate surface area is 138 Å². The molecule has 23 heavy (non-hydrogen) atoms. The Morgan fingerprint density at radius 1 is 1.35 bits per heavy atom. The minimum atomic E-state index is 0.203. The molecule has 6 nitrogen and oxygen atoms in total. The Morgan fingerprint density at radius 2 is 2.30 bits per heavy atom. The summed E-state index contributed by atoms with van der Waals surface area (Å²) in [4.78, 5) is 10.1. The van der Waals surface area contributed by atoms with E-state index < -0.39 is 0 Å². The van der Waals surface area contributed by atoms with Gasteiger partial charge in [0.25, 0.3) is 0 Å². The second-order valence-corrected chi connectivity index (χ2v) is 6.99. The van der Waals surface area contributed by atoms with Crippen LogP contribution in [0.2, 0.25) is 0 Å². The zero-order chi connectivity index (χ0) is 15.6. The van der Waals surface area contributed by atoms with Gasteiger partial charge in [-0.1, -0.05) is 0 Å². The molecule has 1 fully saturated rings. The summed E-state index contributed by atoms with van der Waals surface area (Å²) in [6.07, 6.45) is 8.97. The highest BCUT2D eigenvalue weighted by Crippen LogP contribution is 2.29. The first-order chi connectivity index (χ1) is 11.3. The summed E-state index contributed by atoms with van der Waals surface area (Å²) < 4.78 is 8.08. The van der Waals surface area contributed by atoms with Gasteiger partial charge in [0, 0.05) is 6.20 Å². The monoisotopic (exact) mass is 329 g/mol. The van der Waals surface area contributed by atoms with Gasteiger partial charge < -0.3 is 10.1 Å². The van der Waals surface area contributed by atoms with Crippen molar-refractivity contribution in [2.45, 2.75) is 32.3 Å². The minimum absolute atomic E-state index is 0.203. The molecule has 0 spiro atoms. The Kier molecular flexibility index (Phi) is 3.97. The lowest BCUT2D eigenvalue weighted by atomic mass is 10.1. The third kappa shape index (κ3) is 3.07. The molecule has 3 aromatic rings. The third-order valence-corrected chi connectivity index (χ3v) is 4.97. The highest BCUT2D eigenvalue weighted by atomic mass is 32.1. The van der Waals surface area contributed by atoms with E-state index in [0.29, 0.717) is 5.88 Å². The number of aromatic nitrogens is 4. The Hall–Kier alpha value is -1.99. The molecule has 0 aliphatic carbocycles. The molecule has 0 amide bonds. The van der Waals surface area contributed by atoms with Crippen LogP contribution in [0.5, 0.6) is 5.88 Å². The van der Waals surface area contributed by atoms with Crippen LogP contribution >= 0.6 is 11.3 Å². The van der Waals surface area contributed by atoms with Gasteiger partial charge in [-0.2, -0.15) is 5.10 Å². The average Bonchev–Trinajstić information content (AvgIpc) is 3.11. The lowest BCUT2D eigenvalue weighted by Crippen LogP contribution is -2.20. The van der Waals surface area contributed by atoms with Crippen LogP contribution in [0.15, 0.2) is 24.7 Å². The quantitative estimate of drug-likeness (QED) is 0.800. The number of fused-ring (bicyclic) bond motifs is 1. The zero-order valence-corrected chi connectivity index (χ0v) is 13.8. The molecule has 0 radical (unpaired) electrons.